The summed E-state index contributed by atoms with van der Waals surface area (Å²) in [6.45, 7) is 0. The van der Waals surface area contributed by atoms with Crippen LogP contribution in [0.3, 0.4) is 0 Å². The maximum Gasteiger partial charge on any atom is 0.274 e. The molecule has 0 atom stereocenters. The third-order valence-electron chi connectivity index (χ3n) is 2.66. The van der Waals surface area contributed by atoms with E-state index < -0.39 is 5.91 Å². The average Bonchev–Trinajstić information content (AvgIpc) is 2.78. The number of primary amides is 1. The fraction of sp³-hybridized carbons (Fsp3) is 0. The number of aromatic amines is 1. The van der Waals surface area contributed by atoms with E-state index >= 15 is 0 Å². The number of rotatable bonds is 1. The molecule has 2 heterocycles. The largest absolute Gasteiger partial charge is 0.366 e. The molecular formula is C11H8N4O2. The van der Waals surface area contributed by atoms with Gasteiger partial charge in [-0.1, -0.05) is 0 Å². The van der Waals surface area contributed by atoms with Crippen molar-refractivity contribution in [1.29, 1.82) is 0 Å². The standard InChI is InChI=1S/C11H8N4O2/c12-10(16)6-1-2-7-8(3-6)15-5-13-4-9(15)11(17)14-7/h1-5H,(H2,12,16)(H,14,17). The highest BCUT2D eigenvalue weighted by Crippen LogP contribution is 2.13. The van der Waals surface area contributed by atoms with Crippen molar-refractivity contribution < 1.29 is 4.79 Å². The SMILES string of the molecule is NC(=O)c1ccc2[nH]c(=O)c3cncn3c2c1. The maximum absolute atomic E-state index is 11.7. The van der Waals surface area contributed by atoms with Crippen molar-refractivity contribution >= 4 is 22.5 Å². The van der Waals surface area contributed by atoms with Crippen molar-refractivity contribution in [1.82, 2.24) is 14.4 Å². The molecule has 84 valence electrons. The van der Waals surface area contributed by atoms with Crippen LogP contribution in [0.15, 0.2) is 35.5 Å². The molecular weight excluding hydrogens is 220 g/mol. The third-order valence-corrected chi connectivity index (χ3v) is 2.66. The summed E-state index contributed by atoms with van der Waals surface area (Å²) in [5, 5.41) is 0. The van der Waals surface area contributed by atoms with Gasteiger partial charge in [0.15, 0.2) is 0 Å². The lowest BCUT2D eigenvalue weighted by atomic mass is 10.2. The first-order valence-corrected chi connectivity index (χ1v) is 4.95. The molecule has 6 heteroatoms. The fourth-order valence-electron chi connectivity index (χ4n) is 1.83. The van der Waals surface area contributed by atoms with Gasteiger partial charge in [-0.05, 0) is 18.2 Å². The van der Waals surface area contributed by atoms with E-state index in [1.165, 1.54) is 12.5 Å². The summed E-state index contributed by atoms with van der Waals surface area (Å²) in [5.74, 6) is -0.508. The maximum atomic E-state index is 11.7. The Morgan fingerprint density at radius 2 is 2.18 bits per heavy atom. The van der Waals surface area contributed by atoms with Crippen LogP contribution in [0.4, 0.5) is 0 Å². The predicted molar refractivity (Wildman–Crippen MR) is 61.8 cm³/mol. The summed E-state index contributed by atoms with van der Waals surface area (Å²) in [6.07, 6.45) is 2.99. The molecule has 0 fully saturated rings. The van der Waals surface area contributed by atoms with Gasteiger partial charge in [0.1, 0.15) is 5.52 Å². The molecule has 0 aliphatic carbocycles. The molecule has 0 spiro atoms. The van der Waals surface area contributed by atoms with E-state index in [0.717, 1.165) is 0 Å². The molecule has 0 unspecified atom stereocenters. The Kier molecular flexibility index (Phi) is 1.79. The molecule has 0 radical (unpaired) electrons. The van der Waals surface area contributed by atoms with Crippen LogP contribution in [0.1, 0.15) is 10.4 Å². The van der Waals surface area contributed by atoms with Crippen LogP contribution in [0.25, 0.3) is 16.6 Å². The van der Waals surface area contributed by atoms with Gasteiger partial charge in [-0.25, -0.2) is 4.98 Å². The van der Waals surface area contributed by atoms with Crippen LogP contribution in [0.2, 0.25) is 0 Å². The Morgan fingerprint density at radius 3 is 2.94 bits per heavy atom. The molecule has 0 bridgehead atoms. The van der Waals surface area contributed by atoms with Crippen LogP contribution in [-0.2, 0) is 0 Å². The molecule has 0 saturated heterocycles. The molecule has 6 nitrogen and oxygen atoms in total. The van der Waals surface area contributed by atoms with E-state index in [1.807, 2.05) is 0 Å². The van der Waals surface area contributed by atoms with Crippen LogP contribution in [0, 0.1) is 0 Å². The molecule has 3 rings (SSSR count). The first kappa shape index (κ1) is 9.59. The first-order chi connectivity index (χ1) is 8.16. The molecule has 2 aromatic heterocycles. The molecule has 0 aliphatic heterocycles. The van der Waals surface area contributed by atoms with Crippen molar-refractivity contribution in [3.63, 3.8) is 0 Å². The highest BCUT2D eigenvalue weighted by Gasteiger charge is 2.07. The average molecular weight is 228 g/mol. The summed E-state index contributed by atoms with van der Waals surface area (Å²) in [5.41, 5.74) is 7.13. The summed E-state index contributed by atoms with van der Waals surface area (Å²) >= 11 is 0. The Labute approximate surface area is 94.7 Å². The zero-order chi connectivity index (χ0) is 12.0. The van der Waals surface area contributed by atoms with Crippen LogP contribution in [-0.4, -0.2) is 20.3 Å². The van der Waals surface area contributed by atoms with Gasteiger partial charge in [0.05, 0.1) is 23.6 Å². The number of aromatic nitrogens is 3. The summed E-state index contributed by atoms with van der Waals surface area (Å²) < 4.78 is 1.63. The van der Waals surface area contributed by atoms with Crippen LogP contribution >= 0.6 is 0 Å². The van der Waals surface area contributed by atoms with E-state index in [2.05, 4.69) is 9.97 Å². The molecule has 3 aromatic rings. The number of hydrogen-bond donors (Lipinski definition) is 2. The van der Waals surface area contributed by atoms with Crippen molar-refractivity contribution in [2.75, 3.05) is 0 Å². The van der Waals surface area contributed by atoms with Gasteiger partial charge in [0.2, 0.25) is 5.91 Å². The van der Waals surface area contributed by atoms with E-state index in [0.29, 0.717) is 22.1 Å². The predicted octanol–water partition coefficient (Wildman–Crippen LogP) is 0.275. The lowest BCUT2D eigenvalue weighted by Crippen LogP contribution is -2.13. The lowest BCUT2D eigenvalue weighted by Gasteiger charge is -2.03. The zero-order valence-electron chi connectivity index (χ0n) is 8.68. The number of nitrogens with zero attached hydrogens (tertiary/aromatic N) is 2. The smallest absolute Gasteiger partial charge is 0.274 e. The van der Waals surface area contributed by atoms with Gasteiger partial charge in [-0.15, -0.1) is 0 Å². The summed E-state index contributed by atoms with van der Waals surface area (Å²) in [7, 11) is 0. The number of carbonyl (C=O) groups excluding carboxylic acids is 1. The molecule has 1 amide bonds. The zero-order valence-corrected chi connectivity index (χ0v) is 8.68. The number of fused-ring (bicyclic) bond motifs is 3. The molecule has 1 aromatic carbocycles. The Morgan fingerprint density at radius 1 is 1.35 bits per heavy atom. The monoisotopic (exact) mass is 228 g/mol. The number of hydrogen-bond acceptors (Lipinski definition) is 3. The number of H-pyrrole nitrogens is 1. The van der Waals surface area contributed by atoms with Gasteiger partial charge in [-0.2, -0.15) is 0 Å². The molecule has 0 saturated carbocycles. The Balaban J connectivity index is 2.53. The number of benzene rings is 1. The van der Waals surface area contributed by atoms with Crippen molar-refractivity contribution in [3.8, 4) is 0 Å². The van der Waals surface area contributed by atoms with Gasteiger partial charge < -0.3 is 10.7 Å². The molecule has 0 aliphatic rings. The quantitative estimate of drug-likeness (QED) is 0.626. The number of nitrogens with two attached hydrogens (primary N) is 1. The minimum Gasteiger partial charge on any atom is -0.366 e. The Hall–Kier alpha value is -2.63. The van der Waals surface area contributed by atoms with Gasteiger partial charge >= 0.3 is 0 Å². The van der Waals surface area contributed by atoms with Gasteiger partial charge in [0.25, 0.3) is 5.56 Å². The van der Waals surface area contributed by atoms with Crippen molar-refractivity contribution in [3.05, 3.63) is 46.6 Å². The van der Waals surface area contributed by atoms with Crippen molar-refractivity contribution in [2.45, 2.75) is 0 Å². The number of carbonyl (C=O) groups is 1. The molecule has 17 heavy (non-hydrogen) atoms. The lowest BCUT2D eigenvalue weighted by molar-refractivity contribution is 0.100. The number of amides is 1. The topological polar surface area (TPSA) is 93.2 Å². The fourth-order valence-corrected chi connectivity index (χ4v) is 1.83. The first-order valence-electron chi connectivity index (χ1n) is 4.95. The number of nitrogens with one attached hydrogen (secondary N) is 1. The highest BCUT2D eigenvalue weighted by molar-refractivity contribution is 5.96. The van der Waals surface area contributed by atoms with Crippen LogP contribution in [0.5, 0.6) is 0 Å². The number of imidazole rings is 1. The second-order valence-corrected chi connectivity index (χ2v) is 3.70. The van der Waals surface area contributed by atoms with Gasteiger partial charge in [-0.3, -0.25) is 14.0 Å². The third kappa shape index (κ3) is 1.31. The second kappa shape index (κ2) is 3.18. The highest BCUT2D eigenvalue weighted by atomic mass is 16.1. The summed E-state index contributed by atoms with van der Waals surface area (Å²) in [6, 6.07) is 4.85. The molecule has 3 N–H and O–H groups in total. The van der Waals surface area contributed by atoms with Gasteiger partial charge in [0, 0.05) is 5.56 Å². The summed E-state index contributed by atoms with van der Waals surface area (Å²) in [4.78, 5) is 29.4. The van der Waals surface area contributed by atoms with E-state index in [4.69, 9.17) is 5.73 Å². The van der Waals surface area contributed by atoms with Crippen LogP contribution < -0.4 is 11.3 Å². The van der Waals surface area contributed by atoms with E-state index in [1.54, 1.807) is 22.6 Å². The normalized spacial score (nSPS) is 11.1. The van der Waals surface area contributed by atoms with Crippen molar-refractivity contribution in [2.24, 2.45) is 5.73 Å². The minimum atomic E-state index is -0.508. The van der Waals surface area contributed by atoms with E-state index in [9.17, 15) is 9.59 Å². The Bertz CT molecular complexity index is 800. The minimum absolute atomic E-state index is 0.221. The van der Waals surface area contributed by atoms with E-state index in [-0.39, 0.29) is 5.56 Å². The second-order valence-electron chi connectivity index (χ2n) is 3.70.